The number of ether oxygens (including phenoxy) is 1. The summed E-state index contributed by atoms with van der Waals surface area (Å²) in [5.41, 5.74) is 3.07. The van der Waals surface area contributed by atoms with Crippen molar-refractivity contribution in [2.45, 2.75) is 26.7 Å². The van der Waals surface area contributed by atoms with Gasteiger partial charge in [0, 0.05) is 12.5 Å². The van der Waals surface area contributed by atoms with E-state index in [-0.39, 0.29) is 5.91 Å². The SMILES string of the molecule is C=C(/N=C(\NC(C)=O)c1cc(C)ccc1Cl)c1ccc(OCC2CC2)cc1. The molecule has 0 aromatic heterocycles. The Morgan fingerprint density at radius 2 is 1.96 bits per heavy atom. The zero-order valence-corrected chi connectivity index (χ0v) is 16.3. The molecule has 0 saturated heterocycles. The first-order chi connectivity index (χ1) is 12.9. The zero-order chi connectivity index (χ0) is 19.4. The fourth-order valence-corrected chi connectivity index (χ4v) is 2.79. The number of benzene rings is 2. The lowest BCUT2D eigenvalue weighted by Crippen LogP contribution is -2.29. The molecule has 1 N–H and O–H groups in total. The Morgan fingerprint density at radius 1 is 1.26 bits per heavy atom. The molecule has 1 aliphatic rings. The van der Waals surface area contributed by atoms with Gasteiger partial charge in [0.15, 0.2) is 0 Å². The lowest BCUT2D eigenvalue weighted by Gasteiger charge is -2.12. The van der Waals surface area contributed by atoms with Crippen molar-refractivity contribution < 1.29 is 9.53 Å². The van der Waals surface area contributed by atoms with E-state index in [1.54, 1.807) is 6.07 Å². The minimum atomic E-state index is -0.219. The van der Waals surface area contributed by atoms with Gasteiger partial charge in [-0.25, -0.2) is 4.99 Å². The molecule has 0 unspecified atom stereocenters. The Kier molecular flexibility index (Phi) is 5.97. The number of amidine groups is 1. The third-order valence-electron chi connectivity index (χ3n) is 4.29. The van der Waals surface area contributed by atoms with Gasteiger partial charge in [-0.2, -0.15) is 0 Å². The van der Waals surface area contributed by atoms with Crippen molar-refractivity contribution in [1.29, 1.82) is 0 Å². The van der Waals surface area contributed by atoms with Crippen LogP contribution in [0.25, 0.3) is 5.70 Å². The van der Waals surface area contributed by atoms with Gasteiger partial charge in [-0.15, -0.1) is 0 Å². The van der Waals surface area contributed by atoms with Gasteiger partial charge >= 0.3 is 0 Å². The van der Waals surface area contributed by atoms with Crippen molar-refractivity contribution in [3.8, 4) is 5.75 Å². The second-order valence-electron chi connectivity index (χ2n) is 6.85. The third kappa shape index (κ3) is 5.44. The highest BCUT2D eigenvalue weighted by Gasteiger charge is 2.21. The Morgan fingerprint density at radius 3 is 2.59 bits per heavy atom. The summed E-state index contributed by atoms with van der Waals surface area (Å²) in [6.07, 6.45) is 2.52. The van der Waals surface area contributed by atoms with Crippen LogP contribution in [0.15, 0.2) is 54.0 Å². The van der Waals surface area contributed by atoms with Crippen molar-refractivity contribution >= 4 is 29.0 Å². The Balaban J connectivity index is 1.81. The van der Waals surface area contributed by atoms with E-state index in [2.05, 4.69) is 16.9 Å². The third-order valence-corrected chi connectivity index (χ3v) is 4.62. The molecule has 2 aromatic rings. The minimum Gasteiger partial charge on any atom is -0.493 e. The van der Waals surface area contributed by atoms with E-state index in [0.717, 1.165) is 23.5 Å². The minimum absolute atomic E-state index is 0.219. The normalized spacial score (nSPS) is 14.0. The molecule has 0 radical (unpaired) electrons. The molecule has 0 aliphatic heterocycles. The van der Waals surface area contributed by atoms with Gasteiger partial charge in [0.05, 0.1) is 17.3 Å². The van der Waals surface area contributed by atoms with E-state index in [1.165, 1.54) is 19.8 Å². The maximum absolute atomic E-state index is 11.6. The smallest absolute Gasteiger partial charge is 0.222 e. The summed E-state index contributed by atoms with van der Waals surface area (Å²) < 4.78 is 5.76. The number of aliphatic imine (C=N–C) groups is 1. The van der Waals surface area contributed by atoms with E-state index >= 15 is 0 Å². The van der Waals surface area contributed by atoms with Crippen LogP contribution >= 0.6 is 11.6 Å². The molecule has 0 spiro atoms. The quantitative estimate of drug-likeness (QED) is 0.565. The van der Waals surface area contributed by atoms with Crippen LogP contribution < -0.4 is 10.1 Å². The molecule has 140 valence electrons. The molecule has 1 aliphatic carbocycles. The van der Waals surface area contributed by atoms with Crippen molar-refractivity contribution in [2.24, 2.45) is 10.9 Å². The maximum Gasteiger partial charge on any atom is 0.222 e. The second kappa shape index (κ2) is 8.40. The van der Waals surface area contributed by atoms with Crippen molar-refractivity contribution in [2.75, 3.05) is 6.61 Å². The number of hydrogen-bond donors (Lipinski definition) is 1. The average molecular weight is 383 g/mol. The summed E-state index contributed by atoms with van der Waals surface area (Å²) in [6.45, 7) is 8.21. The van der Waals surface area contributed by atoms with E-state index in [1.807, 2.05) is 43.3 Å². The van der Waals surface area contributed by atoms with Crippen molar-refractivity contribution in [3.63, 3.8) is 0 Å². The summed E-state index contributed by atoms with van der Waals surface area (Å²) in [5.74, 6) is 1.72. The molecule has 0 heterocycles. The number of amides is 1. The molecule has 5 heteroatoms. The standard InChI is InChI=1S/C22H23ClN2O2/c1-14-4-11-21(23)20(12-14)22(25-16(3)26)24-15(2)18-7-9-19(10-8-18)27-13-17-5-6-17/h4,7-12,17H,2,5-6,13H2,1,3H3,(H,24,25,26). The molecule has 0 bridgehead atoms. The highest BCUT2D eigenvalue weighted by atomic mass is 35.5. The number of aryl methyl sites for hydroxylation is 1. The van der Waals surface area contributed by atoms with Crippen LogP contribution in [0.5, 0.6) is 5.75 Å². The fourth-order valence-electron chi connectivity index (χ4n) is 2.58. The topological polar surface area (TPSA) is 50.7 Å². The first-order valence-electron chi connectivity index (χ1n) is 8.97. The summed E-state index contributed by atoms with van der Waals surface area (Å²) in [7, 11) is 0. The van der Waals surface area contributed by atoms with Crippen molar-refractivity contribution in [1.82, 2.24) is 5.32 Å². The van der Waals surface area contributed by atoms with Gasteiger partial charge < -0.3 is 10.1 Å². The van der Waals surface area contributed by atoms with Crippen LogP contribution in [-0.2, 0) is 4.79 Å². The molecule has 1 saturated carbocycles. The molecule has 2 aromatic carbocycles. The summed E-state index contributed by atoms with van der Waals surface area (Å²) in [4.78, 5) is 16.2. The number of halogens is 1. The van der Waals surface area contributed by atoms with Gasteiger partial charge in [0.1, 0.15) is 11.6 Å². The highest BCUT2D eigenvalue weighted by Crippen LogP contribution is 2.30. The Bertz CT molecular complexity index is 884. The number of nitrogens with one attached hydrogen (secondary N) is 1. The maximum atomic E-state index is 11.6. The zero-order valence-electron chi connectivity index (χ0n) is 15.6. The van der Waals surface area contributed by atoms with Gasteiger partial charge in [-0.1, -0.05) is 29.8 Å². The van der Waals surface area contributed by atoms with Crippen LogP contribution in [0.1, 0.15) is 36.5 Å². The largest absolute Gasteiger partial charge is 0.493 e. The Hall–Kier alpha value is -2.59. The summed E-state index contributed by atoms with van der Waals surface area (Å²) in [5, 5.41) is 3.28. The number of carbonyl (C=O) groups excluding carboxylic acids is 1. The monoisotopic (exact) mass is 382 g/mol. The van der Waals surface area contributed by atoms with Gasteiger partial charge in [-0.05, 0) is 67.6 Å². The van der Waals surface area contributed by atoms with Crippen molar-refractivity contribution in [3.05, 3.63) is 70.8 Å². The van der Waals surface area contributed by atoms with E-state index in [0.29, 0.717) is 28.0 Å². The van der Waals surface area contributed by atoms with Crippen LogP contribution in [0, 0.1) is 12.8 Å². The molecule has 4 nitrogen and oxygen atoms in total. The predicted octanol–water partition coefficient (Wildman–Crippen LogP) is 4.99. The molecule has 27 heavy (non-hydrogen) atoms. The van der Waals surface area contributed by atoms with Gasteiger partial charge in [0.25, 0.3) is 0 Å². The number of rotatable bonds is 6. The summed E-state index contributed by atoms with van der Waals surface area (Å²) in [6, 6.07) is 13.2. The first-order valence-corrected chi connectivity index (χ1v) is 9.35. The molecule has 1 fully saturated rings. The Labute approximate surface area is 164 Å². The van der Waals surface area contributed by atoms with Gasteiger partial charge in [0.2, 0.25) is 5.91 Å². The fraction of sp³-hybridized carbons (Fsp3) is 0.273. The second-order valence-corrected chi connectivity index (χ2v) is 7.26. The van der Waals surface area contributed by atoms with Crippen LogP contribution in [0.3, 0.4) is 0 Å². The molecular weight excluding hydrogens is 360 g/mol. The molecule has 1 amide bonds. The van der Waals surface area contributed by atoms with E-state index in [4.69, 9.17) is 16.3 Å². The summed E-state index contributed by atoms with van der Waals surface area (Å²) >= 11 is 6.31. The van der Waals surface area contributed by atoms with Crippen LogP contribution in [-0.4, -0.2) is 18.3 Å². The van der Waals surface area contributed by atoms with Crippen LogP contribution in [0.4, 0.5) is 0 Å². The lowest BCUT2D eigenvalue weighted by molar-refractivity contribution is -0.117. The van der Waals surface area contributed by atoms with E-state index < -0.39 is 0 Å². The van der Waals surface area contributed by atoms with Gasteiger partial charge in [-0.3, -0.25) is 4.79 Å². The molecule has 3 rings (SSSR count). The molecular formula is C22H23ClN2O2. The number of hydrogen-bond acceptors (Lipinski definition) is 3. The lowest BCUT2D eigenvalue weighted by atomic mass is 10.1. The first kappa shape index (κ1) is 19.2. The highest BCUT2D eigenvalue weighted by molar-refractivity contribution is 6.34. The number of nitrogens with zero attached hydrogens (tertiary/aromatic N) is 1. The van der Waals surface area contributed by atoms with Crippen LogP contribution in [0.2, 0.25) is 5.02 Å². The average Bonchev–Trinajstić information content (AvgIpc) is 3.46. The predicted molar refractivity (Wildman–Crippen MR) is 110 cm³/mol. The molecule has 0 atom stereocenters. The number of carbonyl (C=O) groups is 1. The van der Waals surface area contributed by atoms with E-state index in [9.17, 15) is 4.79 Å².